The van der Waals surface area contributed by atoms with Gasteiger partial charge in [0.1, 0.15) is 0 Å². The number of carbonyl (C=O) groups excluding carboxylic acids is 4. The Morgan fingerprint density at radius 2 is 1.38 bits per heavy atom. The van der Waals surface area contributed by atoms with Crippen molar-refractivity contribution in [3.63, 3.8) is 0 Å². The van der Waals surface area contributed by atoms with Crippen LogP contribution in [0.15, 0.2) is 77.3 Å². The van der Waals surface area contributed by atoms with Gasteiger partial charge in [0.2, 0.25) is 29.0 Å². The largest absolute Gasteiger partial charge is 0.349 e. The van der Waals surface area contributed by atoms with Crippen LogP contribution in [0.5, 0.6) is 0 Å². The van der Waals surface area contributed by atoms with Crippen LogP contribution in [0.25, 0.3) is 0 Å². The van der Waals surface area contributed by atoms with Crippen molar-refractivity contribution in [2.24, 2.45) is 11.8 Å². The average molecular weight is 537 g/mol. The van der Waals surface area contributed by atoms with E-state index in [1.807, 2.05) is 0 Å². The van der Waals surface area contributed by atoms with Crippen molar-refractivity contribution in [3.05, 3.63) is 99.0 Å². The minimum absolute atomic E-state index is 0.198. The second kappa shape index (κ2) is 7.43. The van der Waals surface area contributed by atoms with E-state index in [1.54, 1.807) is 72.8 Å². The molecular formula is C26H15BrClNO5. The summed E-state index contributed by atoms with van der Waals surface area (Å²) in [5.41, 5.74) is -0.786. The highest BCUT2D eigenvalue weighted by Gasteiger charge is 2.74. The molecule has 3 aromatic carbocycles. The summed E-state index contributed by atoms with van der Waals surface area (Å²) in [6.45, 7) is 0. The minimum atomic E-state index is -2.10. The van der Waals surface area contributed by atoms with Gasteiger partial charge in [0.05, 0.1) is 23.6 Å². The molecular weight excluding hydrogens is 522 g/mol. The number of anilines is 1. The van der Waals surface area contributed by atoms with Crippen molar-refractivity contribution in [3.8, 4) is 0 Å². The predicted molar refractivity (Wildman–Crippen MR) is 127 cm³/mol. The topological polar surface area (TPSA) is 80.8 Å². The zero-order valence-electron chi connectivity index (χ0n) is 17.4. The van der Waals surface area contributed by atoms with Gasteiger partial charge >= 0.3 is 0 Å². The van der Waals surface area contributed by atoms with Gasteiger partial charge in [-0.15, -0.1) is 0 Å². The van der Waals surface area contributed by atoms with Crippen LogP contribution in [0.1, 0.15) is 32.4 Å². The maximum atomic E-state index is 13.8. The molecule has 3 aliphatic rings. The fraction of sp³-hybridized carbons (Fsp3) is 0.154. The Hall–Kier alpha value is -3.13. The van der Waals surface area contributed by atoms with Crippen LogP contribution in [0.2, 0.25) is 5.02 Å². The zero-order chi connectivity index (χ0) is 23.8. The number of ketones is 2. The third-order valence-corrected chi connectivity index (χ3v) is 7.79. The van der Waals surface area contributed by atoms with Gasteiger partial charge in [0.25, 0.3) is 0 Å². The van der Waals surface area contributed by atoms with Crippen molar-refractivity contribution >= 4 is 56.6 Å². The minimum Gasteiger partial charge on any atom is -0.349 e. The van der Waals surface area contributed by atoms with E-state index in [0.29, 0.717) is 20.7 Å². The lowest BCUT2D eigenvalue weighted by Crippen LogP contribution is -2.51. The van der Waals surface area contributed by atoms with Crippen LogP contribution in [0.3, 0.4) is 0 Å². The van der Waals surface area contributed by atoms with E-state index in [-0.39, 0.29) is 11.1 Å². The van der Waals surface area contributed by atoms with Crippen LogP contribution in [0.4, 0.5) is 5.69 Å². The van der Waals surface area contributed by atoms with Gasteiger partial charge in [-0.05, 0) is 35.9 Å². The van der Waals surface area contributed by atoms with E-state index in [4.69, 9.17) is 16.3 Å². The number of imide groups is 1. The Bertz CT molecular complexity index is 1380. The quantitative estimate of drug-likeness (QED) is 0.347. The average Bonchev–Trinajstić information content (AvgIpc) is 3.40. The number of nitrogens with zero attached hydrogens (tertiary/aromatic N) is 1. The number of hydrogen-bond acceptors (Lipinski definition) is 5. The Balaban J connectivity index is 1.56. The zero-order valence-corrected chi connectivity index (χ0v) is 19.7. The first-order chi connectivity index (χ1) is 16.4. The van der Waals surface area contributed by atoms with Crippen molar-refractivity contribution in [2.75, 3.05) is 4.90 Å². The number of ether oxygens (including phenoxy) is 1. The highest BCUT2D eigenvalue weighted by molar-refractivity contribution is 9.10. The summed E-state index contributed by atoms with van der Waals surface area (Å²) in [5, 5.41) is 0.450. The third kappa shape index (κ3) is 2.66. The number of Topliss-reactive ketones (excluding diaryl/α,β-unsaturated/α-hetero) is 2. The second-order valence-corrected chi connectivity index (χ2v) is 9.78. The first-order valence-corrected chi connectivity index (χ1v) is 11.8. The maximum Gasteiger partial charge on any atom is 0.241 e. The molecule has 0 saturated carbocycles. The molecule has 2 aliphatic heterocycles. The van der Waals surface area contributed by atoms with Crippen molar-refractivity contribution in [1.82, 2.24) is 0 Å². The lowest BCUT2D eigenvalue weighted by atomic mass is 9.77. The highest BCUT2D eigenvalue weighted by Crippen LogP contribution is 2.58. The molecule has 6 rings (SSSR count). The Kier molecular flexibility index (Phi) is 4.68. The molecule has 0 aromatic heterocycles. The van der Waals surface area contributed by atoms with E-state index in [2.05, 4.69) is 15.9 Å². The van der Waals surface area contributed by atoms with Gasteiger partial charge in [-0.25, -0.2) is 4.90 Å². The summed E-state index contributed by atoms with van der Waals surface area (Å²) in [5.74, 6) is -4.68. The number of benzene rings is 3. The number of fused-ring (bicyclic) bond motifs is 3. The van der Waals surface area contributed by atoms with Crippen LogP contribution in [0, 0.1) is 11.8 Å². The number of carbonyl (C=O) groups is 4. The van der Waals surface area contributed by atoms with Gasteiger partial charge in [-0.1, -0.05) is 70.0 Å². The molecule has 2 heterocycles. The molecule has 8 heteroatoms. The molecule has 1 spiro atoms. The summed E-state index contributed by atoms with van der Waals surface area (Å²) in [6, 6.07) is 19.8. The second-order valence-electron chi connectivity index (χ2n) is 8.49. The van der Waals surface area contributed by atoms with E-state index in [0.717, 1.165) is 4.90 Å². The molecule has 2 saturated heterocycles. The summed E-state index contributed by atoms with van der Waals surface area (Å²) >= 11 is 9.48. The first kappa shape index (κ1) is 21.4. The molecule has 2 amide bonds. The standard InChI is InChI=1S/C26H15BrClNO5/c27-18-8-4-3-7-17(18)21-19-20(25(33)29(24(19)32)14-11-9-13(28)10-12-14)26(34-21)22(30)15-5-1-2-6-16(15)23(26)31/h1-12,19-21H/t19-,20-,21+/m0/s1. The summed E-state index contributed by atoms with van der Waals surface area (Å²) in [4.78, 5) is 56.1. The third-order valence-electron chi connectivity index (χ3n) is 6.82. The molecule has 1 aliphatic carbocycles. The fourth-order valence-electron chi connectivity index (χ4n) is 5.35. The van der Waals surface area contributed by atoms with Crippen LogP contribution in [-0.4, -0.2) is 29.0 Å². The molecule has 0 bridgehead atoms. The molecule has 2 fully saturated rings. The fourth-order valence-corrected chi connectivity index (χ4v) is 5.99. The number of rotatable bonds is 2. The van der Waals surface area contributed by atoms with Crippen molar-refractivity contribution in [1.29, 1.82) is 0 Å². The smallest absolute Gasteiger partial charge is 0.241 e. The molecule has 3 atom stereocenters. The Labute approximate surface area is 207 Å². The van der Waals surface area contributed by atoms with E-state index < -0.39 is 46.9 Å². The Morgan fingerprint density at radius 1 is 0.794 bits per heavy atom. The van der Waals surface area contributed by atoms with E-state index >= 15 is 0 Å². The number of amides is 2. The normalized spacial score (nSPS) is 24.8. The summed E-state index contributed by atoms with van der Waals surface area (Å²) < 4.78 is 6.93. The maximum absolute atomic E-state index is 13.8. The monoisotopic (exact) mass is 535 g/mol. The highest BCUT2D eigenvalue weighted by atomic mass is 79.9. The van der Waals surface area contributed by atoms with Gasteiger partial charge in [0.15, 0.2) is 0 Å². The van der Waals surface area contributed by atoms with Crippen LogP contribution in [-0.2, 0) is 14.3 Å². The molecule has 34 heavy (non-hydrogen) atoms. The molecule has 3 aromatic rings. The molecule has 0 radical (unpaired) electrons. The SMILES string of the molecule is O=C1[C@@H]2[C@@H](c3ccccc3Br)OC3(C(=O)c4ccccc4C3=O)[C@@H]2C(=O)N1c1ccc(Cl)cc1. The number of halogens is 2. The van der Waals surface area contributed by atoms with Crippen molar-refractivity contribution in [2.45, 2.75) is 11.7 Å². The van der Waals surface area contributed by atoms with Crippen molar-refractivity contribution < 1.29 is 23.9 Å². The van der Waals surface area contributed by atoms with Gasteiger partial charge in [-0.3, -0.25) is 19.2 Å². The molecule has 168 valence electrons. The summed E-state index contributed by atoms with van der Waals surface area (Å²) in [6.07, 6.45) is -0.975. The molecule has 0 unspecified atom stereocenters. The van der Waals surface area contributed by atoms with E-state index in [9.17, 15) is 19.2 Å². The lowest BCUT2D eigenvalue weighted by Gasteiger charge is -2.27. The van der Waals surface area contributed by atoms with Gasteiger partial charge in [0, 0.05) is 20.6 Å². The first-order valence-electron chi connectivity index (χ1n) is 10.6. The summed E-state index contributed by atoms with van der Waals surface area (Å²) in [7, 11) is 0. The number of hydrogen-bond donors (Lipinski definition) is 0. The Morgan fingerprint density at radius 3 is 2.00 bits per heavy atom. The van der Waals surface area contributed by atoms with Crippen LogP contribution >= 0.6 is 27.5 Å². The predicted octanol–water partition coefficient (Wildman–Crippen LogP) is 4.80. The molecule has 0 N–H and O–H groups in total. The van der Waals surface area contributed by atoms with Gasteiger partial charge < -0.3 is 4.74 Å². The lowest BCUT2D eigenvalue weighted by molar-refractivity contribution is -0.127. The molecule has 6 nitrogen and oxygen atoms in total. The van der Waals surface area contributed by atoms with Gasteiger partial charge in [-0.2, -0.15) is 0 Å². The van der Waals surface area contributed by atoms with E-state index in [1.165, 1.54) is 0 Å². The van der Waals surface area contributed by atoms with Crippen LogP contribution < -0.4 is 4.90 Å².